The molecule has 80 heavy (non-hydrogen) atoms. The van der Waals surface area contributed by atoms with Crippen LogP contribution >= 0.6 is 17.0 Å². The molecule has 3 aliphatic rings. The van der Waals surface area contributed by atoms with E-state index < -0.39 is 58.2 Å². The summed E-state index contributed by atoms with van der Waals surface area (Å²) in [5.74, 6) is 0.353. The van der Waals surface area contributed by atoms with Gasteiger partial charge in [0.05, 0.1) is 0 Å². The average Bonchev–Trinajstić information content (AvgIpc) is 4.01. The zero-order valence-electron chi connectivity index (χ0n) is 50.5. The van der Waals surface area contributed by atoms with Crippen molar-refractivity contribution >= 4 is 105 Å². The van der Waals surface area contributed by atoms with Crippen molar-refractivity contribution < 1.29 is 16.4 Å². The Morgan fingerprint density at radius 2 is 0.762 bits per heavy atom. The quantitative estimate of drug-likeness (QED) is 0.101. The van der Waals surface area contributed by atoms with Crippen LogP contribution in [-0.4, -0.2) is 41.8 Å². The number of hydrogen-bond donors (Lipinski definition) is 0. The summed E-state index contributed by atoms with van der Waals surface area (Å²) < 4.78 is 0.876. The predicted molar refractivity (Wildman–Crippen MR) is 369 cm³/mol. The Hall–Kier alpha value is -4.21. The molecule has 2 aliphatic carbocycles. The Morgan fingerprint density at radius 3 is 1.15 bits per heavy atom. The van der Waals surface area contributed by atoms with E-state index in [2.05, 4.69) is 282 Å². The van der Waals surface area contributed by atoms with Crippen molar-refractivity contribution in [1.82, 2.24) is 0 Å². The van der Waals surface area contributed by atoms with E-state index in [1.54, 1.807) is 0 Å². The minimum atomic E-state index is -6.02. The molecular formula is C72H83Cl2Si5Zr. The molecule has 8 aromatic carbocycles. The number of allylic oxidation sites excluding steroid dienone is 2. The number of benzene rings is 8. The second-order valence-corrected chi connectivity index (χ2v) is 71.3. The first-order valence-electron chi connectivity index (χ1n) is 29.5. The number of hydrogen-bond acceptors (Lipinski definition) is 0. The molecule has 1 aliphatic heterocycles. The molecule has 11 rings (SSSR count). The summed E-state index contributed by atoms with van der Waals surface area (Å²) in [6, 6.07) is 64.0. The van der Waals surface area contributed by atoms with E-state index in [4.69, 9.17) is 0 Å². The van der Waals surface area contributed by atoms with Crippen LogP contribution in [0, 0.1) is 11.8 Å². The van der Waals surface area contributed by atoms with Crippen molar-refractivity contribution in [1.29, 1.82) is 0 Å². The third-order valence-electron chi connectivity index (χ3n) is 18.3. The Labute approximate surface area is 495 Å². The third-order valence-corrected chi connectivity index (χ3v) is 49.0. The first kappa shape index (κ1) is 57.6. The number of halogens is 2. The minimum absolute atomic E-state index is 0.176. The molecule has 0 saturated carbocycles. The normalized spacial score (nSPS) is 17.0. The van der Waals surface area contributed by atoms with Gasteiger partial charge >= 0.3 is 500 Å². The van der Waals surface area contributed by atoms with Crippen LogP contribution < -0.4 is 34.4 Å². The van der Waals surface area contributed by atoms with Gasteiger partial charge in [0.15, 0.2) is 0 Å². The Kier molecular flexibility index (Phi) is 14.8. The van der Waals surface area contributed by atoms with Crippen molar-refractivity contribution in [2.75, 3.05) is 0 Å². The van der Waals surface area contributed by atoms with Crippen LogP contribution in [0.25, 0.3) is 67.8 Å². The molecule has 0 saturated heterocycles. The van der Waals surface area contributed by atoms with E-state index in [-0.39, 0.29) is 19.1 Å². The van der Waals surface area contributed by atoms with Gasteiger partial charge in [0.25, 0.3) is 0 Å². The van der Waals surface area contributed by atoms with Gasteiger partial charge in [-0.05, 0) is 0 Å². The first-order valence-corrected chi connectivity index (χ1v) is 55.3. The first-order chi connectivity index (χ1) is 37.5. The SMILES string of the molecule is CC(C)C1=Cc2c(ccc(-c3ccccc3)c2-c2cc([Si](C)(C)C)cc([Si](C)(C)C)c2)[CH]1[Zr]([Cl])([Cl])([c]1cccc2c1[SiH2]c1ccccc1-2)[CH]1C(C(C)C)=Cc2c1ccc(-c1ccccc1)c2-c1cc([Si](C)(C)C)cc([Si](C)(C)C)c1. The van der Waals surface area contributed by atoms with E-state index in [9.17, 15) is 17.0 Å². The van der Waals surface area contributed by atoms with Crippen molar-refractivity contribution in [3.63, 3.8) is 0 Å². The molecule has 2 unspecified atom stereocenters. The Morgan fingerprint density at radius 1 is 0.388 bits per heavy atom. The third kappa shape index (κ3) is 9.89. The maximum atomic E-state index is 9.88. The van der Waals surface area contributed by atoms with Gasteiger partial charge in [-0.3, -0.25) is 0 Å². The van der Waals surface area contributed by atoms with Crippen molar-refractivity contribution in [2.45, 2.75) is 114 Å². The second-order valence-electron chi connectivity index (χ2n) is 28.6. The van der Waals surface area contributed by atoms with Crippen LogP contribution in [0.1, 0.15) is 57.2 Å². The summed E-state index contributed by atoms with van der Waals surface area (Å²) in [6.45, 7) is 39.8. The van der Waals surface area contributed by atoms with Gasteiger partial charge in [0, 0.05) is 0 Å². The fraction of sp³-hybridized carbons (Fsp3) is 0.278. The van der Waals surface area contributed by atoms with Gasteiger partial charge in [0.1, 0.15) is 0 Å². The molecule has 2 atom stereocenters. The zero-order valence-corrected chi connectivity index (χ0v) is 59.9. The van der Waals surface area contributed by atoms with Crippen molar-refractivity contribution in [3.05, 3.63) is 197 Å². The molecule has 0 radical (unpaired) electrons. The van der Waals surface area contributed by atoms with Crippen LogP contribution in [0.4, 0.5) is 0 Å². The molecule has 409 valence electrons. The zero-order chi connectivity index (χ0) is 57.2. The van der Waals surface area contributed by atoms with E-state index in [1.807, 2.05) is 0 Å². The molecule has 0 bridgehead atoms. The predicted octanol–water partition coefficient (Wildman–Crippen LogP) is 16.8. The van der Waals surface area contributed by atoms with Crippen LogP contribution in [0.15, 0.2) is 175 Å². The molecule has 8 heteroatoms. The van der Waals surface area contributed by atoms with E-state index in [0.717, 1.165) is 0 Å². The molecule has 0 N–H and O–H groups in total. The van der Waals surface area contributed by atoms with Gasteiger partial charge in [-0.2, -0.15) is 0 Å². The van der Waals surface area contributed by atoms with Crippen LogP contribution in [-0.2, 0) is 16.4 Å². The molecule has 8 aromatic rings. The van der Waals surface area contributed by atoms with Crippen LogP contribution in [0.2, 0.25) is 78.6 Å². The fourth-order valence-corrected chi connectivity index (χ4v) is 47.1. The van der Waals surface area contributed by atoms with E-state index >= 15 is 0 Å². The molecule has 1 heterocycles. The summed E-state index contributed by atoms with van der Waals surface area (Å²) in [5, 5.41) is 9.02. The molecule has 0 fully saturated rings. The monoisotopic (exact) mass is 1250 g/mol. The molecule has 0 amide bonds. The molecular weight excluding hydrogens is 1170 g/mol. The second kappa shape index (κ2) is 20.5. The molecule has 0 spiro atoms. The Balaban J connectivity index is 1.28. The summed E-state index contributed by atoms with van der Waals surface area (Å²) in [5.41, 5.74) is 21.0. The number of rotatable bonds is 13. The van der Waals surface area contributed by atoms with Crippen LogP contribution in [0.5, 0.6) is 0 Å². The van der Waals surface area contributed by atoms with E-state index in [0.29, 0.717) is 0 Å². The Bertz CT molecular complexity index is 3580. The molecule has 0 aromatic heterocycles. The van der Waals surface area contributed by atoms with Crippen molar-refractivity contribution in [3.8, 4) is 55.6 Å². The standard InChI is InChI=1S/2C30H37Si2.C12H9Si.2ClH.Zr/c2*1-21(2)24-16-23-14-15-28(22-12-10-9-11-13-22)30(29(23)19-24)25-17-26(31(3,4)5)20-27(18-25)32(6,7)8;1-3-7-11-9(5-1)10-6-2-4-8-12(10)13-11;;;/h2*9-21H,1-8H3;1-7H,13H2;2*1H;/q;;;;;+2/p-2. The fourth-order valence-electron chi connectivity index (χ4n) is 13.8. The average molecular weight is 1250 g/mol. The summed E-state index contributed by atoms with van der Waals surface area (Å²) in [4.78, 5) is 0. The summed E-state index contributed by atoms with van der Waals surface area (Å²) in [6.07, 6.45) is 5.24. The van der Waals surface area contributed by atoms with Gasteiger partial charge in [0.2, 0.25) is 0 Å². The van der Waals surface area contributed by atoms with Crippen molar-refractivity contribution in [2.24, 2.45) is 11.8 Å². The van der Waals surface area contributed by atoms with Crippen LogP contribution in [0.3, 0.4) is 0 Å². The maximum absolute atomic E-state index is 9.88. The molecule has 0 nitrogen and oxygen atoms in total. The van der Waals surface area contributed by atoms with Gasteiger partial charge < -0.3 is 0 Å². The van der Waals surface area contributed by atoms with Gasteiger partial charge in [-0.25, -0.2) is 0 Å². The van der Waals surface area contributed by atoms with Gasteiger partial charge in [-0.15, -0.1) is 0 Å². The van der Waals surface area contributed by atoms with E-state index in [1.165, 1.54) is 123 Å². The summed E-state index contributed by atoms with van der Waals surface area (Å²) >= 11 is -6.02. The topological polar surface area (TPSA) is 0 Å². The number of fused-ring (bicyclic) bond motifs is 5. The summed E-state index contributed by atoms with van der Waals surface area (Å²) in [7, 11) is 11.7. The van der Waals surface area contributed by atoms with Gasteiger partial charge in [-0.1, -0.05) is 0 Å².